The first-order chi connectivity index (χ1) is 10.2. The first kappa shape index (κ1) is 13.1. The second-order valence-corrected chi connectivity index (χ2v) is 4.44. The highest BCUT2D eigenvalue weighted by Gasteiger charge is 2.04. The van der Waals surface area contributed by atoms with E-state index in [1.165, 1.54) is 24.5 Å². The summed E-state index contributed by atoms with van der Waals surface area (Å²) in [4.78, 5) is 7.74. The van der Waals surface area contributed by atoms with Gasteiger partial charge in [0.1, 0.15) is 5.82 Å². The van der Waals surface area contributed by atoms with E-state index in [0.29, 0.717) is 5.82 Å². The Hall–Kier alpha value is -2.95. The smallest absolute Gasteiger partial charge is 0.255 e. The minimum Gasteiger partial charge on any atom is -0.491 e. The van der Waals surface area contributed by atoms with Crippen LogP contribution in [0.15, 0.2) is 60.9 Å². The lowest BCUT2D eigenvalue weighted by Gasteiger charge is -2.07. The highest BCUT2D eigenvalue weighted by atomic mass is 19.1. The molecule has 5 heteroatoms. The van der Waals surface area contributed by atoms with Crippen molar-refractivity contribution in [2.24, 2.45) is 0 Å². The third-order valence-electron chi connectivity index (χ3n) is 3.00. The summed E-state index contributed by atoms with van der Waals surface area (Å²) in [6, 6.07) is 13.8. The Morgan fingerprint density at radius 3 is 2.00 bits per heavy atom. The van der Waals surface area contributed by atoms with Crippen LogP contribution in [0.2, 0.25) is 0 Å². The van der Waals surface area contributed by atoms with Gasteiger partial charge in [0, 0.05) is 18.1 Å². The van der Waals surface area contributed by atoms with Gasteiger partial charge in [0.2, 0.25) is 0 Å². The quantitative estimate of drug-likeness (QED) is 0.768. The maximum Gasteiger partial charge on any atom is 0.255 e. The number of hydrogen-bond acceptors (Lipinski definition) is 4. The van der Waals surface area contributed by atoms with Crippen molar-refractivity contribution in [3.05, 3.63) is 66.7 Å². The predicted molar refractivity (Wildman–Crippen MR) is 78.8 cm³/mol. The summed E-state index contributed by atoms with van der Waals surface area (Å²) in [6.45, 7) is 0. The van der Waals surface area contributed by atoms with Gasteiger partial charge in [-0.1, -0.05) is 24.3 Å². The molecule has 0 radical (unpaired) electrons. The Morgan fingerprint density at radius 1 is 0.810 bits per heavy atom. The molecule has 0 bridgehead atoms. The normalized spacial score (nSPS) is 10.3. The van der Waals surface area contributed by atoms with Crippen LogP contribution in [0, 0.1) is 5.82 Å². The van der Waals surface area contributed by atoms with Gasteiger partial charge < -0.3 is 10.4 Å². The van der Waals surface area contributed by atoms with Crippen LogP contribution in [-0.4, -0.2) is 15.1 Å². The van der Waals surface area contributed by atoms with E-state index in [9.17, 15) is 9.50 Å². The SMILES string of the molecule is Oc1nccnc1Nc1ccc(-c2ccc(F)cc2)cc1. The van der Waals surface area contributed by atoms with Crippen LogP contribution in [0.1, 0.15) is 0 Å². The zero-order valence-corrected chi connectivity index (χ0v) is 11.0. The van der Waals surface area contributed by atoms with Gasteiger partial charge in [-0.25, -0.2) is 14.4 Å². The van der Waals surface area contributed by atoms with E-state index in [4.69, 9.17) is 0 Å². The lowest BCUT2D eigenvalue weighted by atomic mass is 10.1. The van der Waals surface area contributed by atoms with Crippen molar-refractivity contribution >= 4 is 11.5 Å². The number of nitrogens with one attached hydrogen (secondary N) is 1. The van der Waals surface area contributed by atoms with Gasteiger partial charge in [-0.05, 0) is 35.4 Å². The van der Waals surface area contributed by atoms with Crippen LogP contribution in [0.4, 0.5) is 15.9 Å². The van der Waals surface area contributed by atoms with Gasteiger partial charge in [0.25, 0.3) is 5.88 Å². The Morgan fingerprint density at radius 2 is 1.38 bits per heavy atom. The van der Waals surface area contributed by atoms with E-state index < -0.39 is 0 Å². The van der Waals surface area contributed by atoms with Crippen molar-refractivity contribution in [2.45, 2.75) is 0 Å². The highest BCUT2D eigenvalue weighted by molar-refractivity contribution is 5.68. The van der Waals surface area contributed by atoms with Crippen LogP contribution in [0.3, 0.4) is 0 Å². The molecule has 3 aromatic rings. The van der Waals surface area contributed by atoms with Gasteiger partial charge in [0.05, 0.1) is 0 Å². The van der Waals surface area contributed by atoms with E-state index in [-0.39, 0.29) is 11.7 Å². The standard InChI is InChI=1S/C16H12FN3O/c17-13-5-1-11(2-6-13)12-3-7-14(8-4-12)20-15-16(21)19-10-9-18-15/h1-10H,(H,18,20)(H,19,21). The topological polar surface area (TPSA) is 58.0 Å². The monoisotopic (exact) mass is 281 g/mol. The molecule has 0 saturated heterocycles. The molecular weight excluding hydrogens is 269 g/mol. The Bertz CT molecular complexity index is 742. The maximum absolute atomic E-state index is 12.9. The Balaban J connectivity index is 1.81. The molecule has 0 amide bonds. The predicted octanol–water partition coefficient (Wildman–Crippen LogP) is 3.73. The second-order valence-electron chi connectivity index (χ2n) is 4.44. The molecule has 0 aliphatic rings. The molecule has 21 heavy (non-hydrogen) atoms. The van der Waals surface area contributed by atoms with E-state index in [1.54, 1.807) is 12.1 Å². The van der Waals surface area contributed by atoms with E-state index in [0.717, 1.165) is 16.8 Å². The van der Waals surface area contributed by atoms with Crippen LogP contribution in [0.25, 0.3) is 11.1 Å². The molecule has 0 unspecified atom stereocenters. The fourth-order valence-electron chi connectivity index (χ4n) is 1.94. The van der Waals surface area contributed by atoms with E-state index in [2.05, 4.69) is 15.3 Å². The maximum atomic E-state index is 12.9. The fraction of sp³-hybridized carbons (Fsp3) is 0. The Kier molecular flexibility index (Phi) is 3.47. The molecule has 2 N–H and O–H groups in total. The number of halogens is 1. The number of aromatic hydroxyl groups is 1. The third-order valence-corrected chi connectivity index (χ3v) is 3.00. The number of aromatic nitrogens is 2. The zero-order valence-electron chi connectivity index (χ0n) is 11.0. The zero-order chi connectivity index (χ0) is 14.7. The molecule has 0 atom stereocenters. The molecule has 0 aliphatic heterocycles. The summed E-state index contributed by atoms with van der Waals surface area (Å²) < 4.78 is 12.9. The number of hydrogen-bond donors (Lipinski definition) is 2. The van der Waals surface area contributed by atoms with Crippen LogP contribution in [0.5, 0.6) is 5.88 Å². The third kappa shape index (κ3) is 2.97. The molecule has 4 nitrogen and oxygen atoms in total. The summed E-state index contributed by atoms with van der Waals surface area (Å²) in [6.07, 6.45) is 2.91. The molecule has 0 fully saturated rings. The van der Waals surface area contributed by atoms with Crippen molar-refractivity contribution in [3.8, 4) is 17.0 Å². The van der Waals surface area contributed by atoms with Crippen molar-refractivity contribution in [1.29, 1.82) is 0 Å². The molecule has 2 aromatic carbocycles. The molecular formula is C16H12FN3O. The van der Waals surface area contributed by atoms with E-state index >= 15 is 0 Å². The van der Waals surface area contributed by atoms with Crippen molar-refractivity contribution < 1.29 is 9.50 Å². The number of anilines is 2. The fourth-order valence-corrected chi connectivity index (χ4v) is 1.94. The molecule has 0 aliphatic carbocycles. The largest absolute Gasteiger partial charge is 0.491 e. The van der Waals surface area contributed by atoms with Crippen molar-refractivity contribution in [1.82, 2.24) is 9.97 Å². The molecule has 3 rings (SSSR count). The molecule has 104 valence electrons. The first-order valence-electron chi connectivity index (χ1n) is 6.35. The van der Waals surface area contributed by atoms with Crippen LogP contribution < -0.4 is 5.32 Å². The van der Waals surface area contributed by atoms with Crippen LogP contribution in [-0.2, 0) is 0 Å². The summed E-state index contributed by atoms with van der Waals surface area (Å²) in [5, 5.41) is 12.5. The average Bonchev–Trinajstić information content (AvgIpc) is 2.51. The first-order valence-corrected chi connectivity index (χ1v) is 6.35. The van der Waals surface area contributed by atoms with Crippen molar-refractivity contribution in [3.63, 3.8) is 0 Å². The molecule has 1 heterocycles. The minimum absolute atomic E-state index is 0.153. The lowest BCUT2D eigenvalue weighted by molar-refractivity contribution is 0.453. The van der Waals surface area contributed by atoms with Gasteiger partial charge >= 0.3 is 0 Å². The lowest BCUT2D eigenvalue weighted by Crippen LogP contribution is -1.94. The number of rotatable bonds is 3. The average molecular weight is 281 g/mol. The second kappa shape index (κ2) is 5.58. The van der Waals surface area contributed by atoms with Crippen molar-refractivity contribution in [2.75, 3.05) is 5.32 Å². The van der Waals surface area contributed by atoms with E-state index in [1.807, 2.05) is 24.3 Å². The summed E-state index contributed by atoms with van der Waals surface area (Å²) in [7, 11) is 0. The van der Waals surface area contributed by atoms with Gasteiger partial charge in [-0.15, -0.1) is 0 Å². The highest BCUT2D eigenvalue weighted by Crippen LogP contribution is 2.25. The summed E-state index contributed by atoms with van der Waals surface area (Å²) >= 11 is 0. The molecule has 1 aromatic heterocycles. The van der Waals surface area contributed by atoms with Crippen LogP contribution >= 0.6 is 0 Å². The van der Waals surface area contributed by atoms with Gasteiger partial charge in [-0.2, -0.15) is 0 Å². The summed E-state index contributed by atoms with van der Waals surface area (Å²) in [5.41, 5.74) is 2.69. The van der Waals surface area contributed by atoms with Gasteiger partial charge in [-0.3, -0.25) is 0 Å². The Labute approximate surface area is 120 Å². The number of benzene rings is 2. The minimum atomic E-state index is -0.254. The molecule has 0 spiro atoms. The molecule has 0 saturated carbocycles. The van der Waals surface area contributed by atoms with Gasteiger partial charge in [0.15, 0.2) is 5.82 Å². The number of nitrogens with zero attached hydrogens (tertiary/aromatic N) is 2. The summed E-state index contributed by atoms with van der Waals surface area (Å²) in [5.74, 6) is -0.109.